The Morgan fingerprint density at radius 1 is 0.404 bits per heavy atom. The van der Waals surface area contributed by atoms with Gasteiger partial charge in [0.2, 0.25) is 0 Å². The number of fused-ring (bicyclic) bond motifs is 12. The molecule has 4 heteroatoms. The minimum atomic E-state index is -2.22. The molecule has 1 atom stereocenters. The van der Waals surface area contributed by atoms with Crippen LogP contribution in [0.15, 0.2) is 164 Å². The molecule has 0 aliphatic carbocycles. The number of benzene rings is 8. The summed E-state index contributed by atoms with van der Waals surface area (Å²) in [5.74, 6) is 0. The van der Waals surface area contributed by atoms with Gasteiger partial charge in [0.25, 0.3) is 0 Å². The Kier molecular flexibility index (Phi) is 5.90. The van der Waals surface area contributed by atoms with E-state index in [0.29, 0.717) is 0 Å². The van der Waals surface area contributed by atoms with Gasteiger partial charge in [-0.05, 0) is 0 Å². The fraction of sp³-hybridized carbons (Fsp3) is 0. The molecule has 0 fully saturated rings. The second-order valence-corrected chi connectivity index (χ2v) is 18.6. The number of hydrogen-bond donors (Lipinski definition) is 0. The van der Waals surface area contributed by atoms with Gasteiger partial charge in [0.05, 0.1) is 0 Å². The standard InChI is InChI=1S/C43H27N2PSe/c47-46(32-20-19-28-9-1-2-11-30(28)25-32,33-21-23-36-31(26-33)18-17-29-10-3-4-12-35(29)36)34-22-24-38-39(27-34)37-13-5-7-15-41(37)45-42-16-8-6-14-40(42)44-43(38)45/h1-27H. The number of hydrogen-bond acceptors (Lipinski definition) is 1. The van der Waals surface area contributed by atoms with E-state index in [-0.39, 0.29) is 0 Å². The summed E-state index contributed by atoms with van der Waals surface area (Å²) in [6, 6.07) is 60.3. The fourth-order valence-corrected chi connectivity index (χ4v) is 12.4. The average Bonchev–Trinajstić information content (AvgIpc) is 3.54. The van der Waals surface area contributed by atoms with E-state index in [9.17, 15) is 0 Å². The first-order valence-electron chi connectivity index (χ1n) is 15.9. The van der Waals surface area contributed by atoms with Crippen molar-refractivity contribution in [2.24, 2.45) is 0 Å². The van der Waals surface area contributed by atoms with E-state index < -0.39 is 5.51 Å². The molecule has 8 aromatic carbocycles. The Bertz CT molecular complexity index is 2960. The molecule has 10 aromatic rings. The van der Waals surface area contributed by atoms with E-state index in [2.05, 4.69) is 183 Å². The molecule has 0 spiro atoms. The molecule has 0 radical (unpaired) electrons. The predicted octanol–water partition coefficient (Wildman–Crippen LogP) is 9.63. The van der Waals surface area contributed by atoms with Gasteiger partial charge < -0.3 is 0 Å². The molecular weight excluding hydrogens is 654 g/mol. The molecule has 10 rings (SSSR count). The van der Waals surface area contributed by atoms with Crippen LogP contribution >= 0.6 is 5.51 Å². The normalized spacial score (nSPS) is 13.4. The first kappa shape index (κ1) is 27.1. The second-order valence-electron chi connectivity index (χ2n) is 12.3. The van der Waals surface area contributed by atoms with Crippen LogP contribution in [0.3, 0.4) is 0 Å². The van der Waals surface area contributed by atoms with Crippen LogP contribution in [0.4, 0.5) is 0 Å². The molecule has 0 aliphatic rings. The number of nitrogens with zero attached hydrogens (tertiary/aromatic N) is 2. The summed E-state index contributed by atoms with van der Waals surface area (Å²) in [6.07, 6.45) is 0. The van der Waals surface area contributed by atoms with Crippen LogP contribution in [-0.2, 0) is 0 Å². The maximum atomic E-state index is 5.16. The zero-order chi connectivity index (χ0) is 31.1. The van der Waals surface area contributed by atoms with Crippen LogP contribution < -0.4 is 15.9 Å². The average molecular weight is 682 g/mol. The third-order valence-corrected chi connectivity index (χ3v) is 16.8. The Morgan fingerprint density at radius 3 is 1.81 bits per heavy atom. The molecule has 47 heavy (non-hydrogen) atoms. The first-order valence-corrected chi connectivity index (χ1v) is 19.9. The third-order valence-electron chi connectivity index (χ3n) is 9.79. The maximum absolute atomic E-state index is 5.16. The van der Waals surface area contributed by atoms with Gasteiger partial charge in [-0.15, -0.1) is 0 Å². The molecule has 0 amide bonds. The Morgan fingerprint density at radius 2 is 0.957 bits per heavy atom. The molecular formula is C43H27N2PSe. The molecule has 0 N–H and O–H groups in total. The molecule has 0 saturated heterocycles. The molecule has 0 aliphatic heterocycles. The third kappa shape index (κ3) is 3.98. The number of imidazole rings is 1. The van der Waals surface area contributed by atoms with Crippen LogP contribution in [0.1, 0.15) is 0 Å². The van der Waals surface area contributed by atoms with Crippen molar-refractivity contribution in [1.29, 1.82) is 0 Å². The van der Waals surface area contributed by atoms with Crippen LogP contribution in [0.25, 0.3) is 70.7 Å². The SMILES string of the molecule is [Se]=P(c1ccc2ccccc2c1)(c1ccc2c(ccc3ccccc32)c1)c1ccc2c(c1)c1ccccc1n1c3ccccc3nc21. The monoisotopic (exact) mass is 682 g/mol. The van der Waals surface area contributed by atoms with Crippen LogP contribution in [-0.4, -0.2) is 24.5 Å². The van der Waals surface area contributed by atoms with Gasteiger partial charge in [0, 0.05) is 0 Å². The van der Waals surface area contributed by atoms with Crippen molar-refractivity contribution in [2.75, 3.05) is 0 Å². The first-order chi connectivity index (χ1) is 23.2. The molecule has 2 nitrogen and oxygen atoms in total. The molecule has 2 heterocycles. The summed E-state index contributed by atoms with van der Waals surface area (Å²) in [5.41, 5.74) is 2.10. The zero-order valence-corrected chi connectivity index (χ0v) is 27.9. The summed E-state index contributed by atoms with van der Waals surface area (Å²) < 4.78 is 2.32. The number of pyridine rings is 1. The summed E-state index contributed by atoms with van der Waals surface area (Å²) in [4.78, 5) is 5.16. The molecule has 220 valence electrons. The van der Waals surface area contributed by atoms with Crippen molar-refractivity contribution in [2.45, 2.75) is 0 Å². The van der Waals surface area contributed by atoms with Gasteiger partial charge in [-0.3, -0.25) is 0 Å². The van der Waals surface area contributed by atoms with Crippen molar-refractivity contribution in [3.8, 4) is 0 Å². The van der Waals surface area contributed by atoms with Crippen LogP contribution in [0.5, 0.6) is 0 Å². The predicted molar refractivity (Wildman–Crippen MR) is 205 cm³/mol. The molecule has 1 unspecified atom stereocenters. The van der Waals surface area contributed by atoms with E-state index in [1.165, 1.54) is 69.9 Å². The van der Waals surface area contributed by atoms with Gasteiger partial charge in [-0.2, -0.15) is 0 Å². The quantitative estimate of drug-likeness (QED) is 0.103. The molecule has 2 aromatic heterocycles. The zero-order valence-electron chi connectivity index (χ0n) is 25.3. The van der Waals surface area contributed by atoms with Crippen molar-refractivity contribution in [1.82, 2.24) is 9.38 Å². The number of rotatable bonds is 3. The van der Waals surface area contributed by atoms with E-state index in [1.807, 2.05) is 0 Å². The van der Waals surface area contributed by atoms with Crippen molar-refractivity contribution in [3.05, 3.63) is 164 Å². The summed E-state index contributed by atoms with van der Waals surface area (Å²) in [7, 11) is 0. The van der Waals surface area contributed by atoms with Crippen molar-refractivity contribution >= 4 is 107 Å². The molecule has 0 bridgehead atoms. The van der Waals surface area contributed by atoms with Gasteiger partial charge >= 0.3 is 280 Å². The topological polar surface area (TPSA) is 17.3 Å². The summed E-state index contributed by atoms with van der Waals surface area (Å²) in [6.45, 7) is 0. The van der Waals surface area contributed by atoms with Gasteiger partial charge in [-0.25, -0.2) is 0 Å². The number of para-hydroxylation sites is 3. The Balaban J connectivity index is 1.29. The van der Waals surface area contributed by atoms with E-state index in [1.54, 1.807) is 0 Å². The van der Waals surface area contributed by atoms with Crippen LogP contribution in [0.2, 0.25) is 0 Å². The minimum absolute atomic E-state index is 0.999. The van der Waals surface area contributed by atoms with E-state index >= 15 is 0 Å². The van der Waals surface area contributed by atoms with Gasteiger partial charge in [-0.1, -0.05) is 0 Å². The Hall–Kier alpha value is -5.04. The fourth-order valence-electron chi connectivity index (χ4n) is 7.51. The van der Waals surface area contributed by atoms with Crippen molar-refractivity contribution in [3.63, 3.8) is 0 Å². The van der Waals surface area contributed by atoms with E-state index in [0.717, 1.165) is 16.7 Å². The summed E-state index contributed by atoms with van der Waals surface area (Å²) >= 11 is 3.87. The molecule has 0 saturated carbocycles. The summed E-state index contributed by atoms with van der Waals surface area (Å²) in [5, 5.41) is 15.2. The van der Waals surface area contributed by atoms with Crippen LogP contribution in [0, 0.1) is 0 Å². The van der Waals surface area contributed by atoms with Gasteiger partial charge in [0.15, 0.2) is 0 Å². The van der Waals surface area contributed by atoms with Gasteiger partial charge in [0.1, 0.15) is 0 Å². The van der Waals surface area contributed by atoms with E-state index in [4.69, 9.17) is 4.98 Å². The van der Waals surface area contributed by atoms with Crippen molar-refractivity contribution < 1.29 is 0 Å². The number of aromatic nitrogens is 2. The second kappa shape index (κ2) is 10.2. The Labute approximate surface area is 279 Å².